The molecule has 1 heterocycles. The van der Waals surface area contributed by atoms with Crippen molar-refractivity contribution in [2.45, 2.75) is 13.8 Å². The van der Waals surface area contributed by atoms with Gasteiger partial charge in [-0.1, -0.05) is 25.2 Å². The van der Waals surface area contributed by atoms with Gasteiger partial charge in [0, 0.05) is 13.1 Å². The van der Waals surface area contributed by atoms with Gasteiger partial charge in [-0.15, -0.1) is 12.4 Å². The second-order valence-electron chi connectivity index (χ2n) is 6.64. The molecule has 3 rings (SSSR count). The highest BCUT2D eigenvalue weighted by atomic mass is 35.5. The molecule has 9 heteroatoms. The molecule has 0 aliphatic heterocycles. The van der Waals surface area contributed by atoms with Crippen molar-refractivity contribution in [1.29, 1.82) is 0 Å². The first-order valence-electron chi connectivity index (χ1n) is 9.89. The van der Waals surface area contributed by atoms with Crippen molar-refractivity contribution in [3.05, 3.63) is 48.3 Å². The van der Waals surface area contributed by atoms with E-state index in [-0.39, 0.29) is 30.7 Å². The molecule has 0 fully saturated rings. The summed E-state index contributed by atoms with van der Waals surface area (Å²) in [5, 5.41) is 0.623. The van der Waals surface area contributed by atoms with E-state index < -0.39 is 0 Å². The Morgan fingerprint density at radius 1 is 1.06 bits per heavy atom. The highest BCUT2D eigenvalue weighted by Gasteiger charge is 2.21. The maximum atomic E-state index is 13.1. The number of nitrogens with zero attached hydrogens (tertiary/aromatic N) is 3. The van der Waals surface area contributed by atoms with Gasteiger partial charge in [0.15, 0.2) is 11.7 Å². The predicted octanol–water partition coefficient (Wildman–Crippen LogP) is 4.62. The van der Waals surface area contributed by atoms with Crippen molar-refractivity contribution in [3.63, 3.8) is 0 Å². The number of amides is 1. The molecule has 0 saturated heterocycles. The van der Waals surface area contributed by atoms with Gasteiger partial charge < -0.3 is 14.4 Å². The summed E-state index contributed by atoms with van der Waals surface area (Å²) in [4.78, 5) is 21.6. The Labute approximate surface area is 192 Å². The van der Waals surface area contributed by atoms with Crippen LogP contribution in [0.2, 0.25) is 0 Å². The Morgan fingerprint density at radius 3 is 2.39 bits per heavy atom. The Kier molecular flexibility index (Phi) is 9.48. The zero-order valence-corrected chi connectivity index (χ0v) is 19.5. The fraction of sp³-hybridized carbons (Fsp3) is 0.364. The topological polar surface area (TPSA) is 54.9 Å². The fourth-order valence-corrected chi connectivity index (χ4v) is 4.03. The third-order valence-corrected chi connectivity index (χ3v) is 5.87. The number of methoxy groups -OCH3 is 1. The zero-order valence-electron chi connectivity index (χ0n) is 17.8. The number of hydrogen-bond acceptors (Lipinski definition) is 6. The number of ether oxygens (including phenoxy) is 2. The van der Waals surface area contributed by atoms with Crippen LogP contribution in [0.5, 0.6) is 11.5 Å². The minimum Gasteiger partial charge on any atom is -0.497 e. The van der Waals surface area contributed by atoms with Gasteiger partial charge in [0.25, 0.3) is 5.91 Å². The van der Waals surface area contributed by atoms with E-state index in [0.717, 1.165) is 35.6 Å². The molecule has 0 radical (unpaired) electrons. The normalized spacial score (nSPS) is 10.7. The maximum absolute atomic E-state index is 13.1. The van der Waals surface area contributed by atoms with E-state index in [1.165, 1.54) is 35.6 Å². The Morgan fingerprint density at radius 2 is 1.74 bits per heavy atom. The average Bonchev–Trinajstić information content (AvgIpc) is 3.19. The molecule has 6 nitrogen and oxygen atoms in total. The first-order chi connectivity index (χ1) is 14.5. The van der Waals surface area contributed by atoms with Crippen LogP contribution in [0.15, 0.2) is 42.5 Å². The van der Waals surface area contributed by atoms with Crippen molar-refractivity contribution < 1.29 is 18.7 Å². The maximum Gasteiger partial charge on any atom is 0.266 e. The minimum absolute atomic E-state index is 0. The number of anilines is 1. The van der Waals surface area contributed by atoms with Crippen LogP contribution >= 0.6 is 23.7 Å². The van der Waals surface area contributed by atoms with Crippen LogP contribution in [0, 0.1) is 5.82 Å². The summed E-state index contributed by atoms with van der Waals surface area (Å²) in [7, 11) is 1.62. The molecule has 1 aromatic heterocycles. The molecule has 0 N–H and O–H groups in total. The number of fused-ring (bicyclic) bond motifs is 1. The number of carbonyl (C=O) groups is 1. The van der Waals surface area contributed by atoms with Crippen molar-refractivity contribution in [3.8, 4) is 11.5 Å². The standard InChI is InChI=1S/C22H26FN3O3S.ClH/c1-4-25(5-2)12-13-26(21(27)15-29-17-8-6-16(23)7-9-17)22-24-19-11-10-18(28-3)14-20(19)30-22;/h6-11,14H,4-5,12-13,15H2,1-3H3;1H. The summed E-state index contributed by atoms with van der Waals surface area (Å²) < 4.78 is 24.9. The predicted molar refractivity (Wildman–Crippen MR) is 125 cm³/mol. The molecule has 2 aromatic carbocycles. The van der Waals surface area contributed by atoms with Crippen LogP contribution in [-0.2, 0) is 4.79 Å². The molecule has 3 aromatic rings. The van der Waals surface area contributed by atoms with Gasteiger partial charge in [-0.2, -0.15) is 0 Å². The summed E-state index contributed by atoms with van der Waals surface area (Å²) in [6, 6.07) is 11.3. The van der Waals surface area contributed by atoms with Crippen LogP contribution in [0.25, 0.3) is 10.2 Å². The van der Waals surface area contributed by atoms with E-state index in [2.05, 4.69) is 23.7 Å². The number of halogens is 2. The number of rotatable bonds is 10. The summed E-state index contributed by atoms with van der Waals surface area (Å²) in [5.74, 6) is 0.651. The molecule has 0 aliphatic carbocycles. The van der Waals surface area contributed by atoms with Crippen LogP contribution in [-0.4, -0.2) is 55.7 Å². The third-order valence-electron chi connectivity index (χ3n) is 4.83. The van der Waals surface area contributed by atoms with E-state index in [9.17, 15) is 9.18 Å². The molecule has 1 amide bonds. The zero-order chi connectivity index (χ0) is 21.5. The molecule has 0 saturated carbocycles. The number of aromatic nitrogens is 1. The van der Waals surface area contributed by atoms with E-state index in [0.29, 0.717) is 17.4 Å². The number of likely N-dealkylation sites (N-methyl/N-ethyl adjacent to an activating group) is 1. The van der Waals surface area contributed by atoms with E-state index in [4.69, 9.17) is 9.47 Å². The van der Waals surface area contributed by atoms with Gasteiger partial charge in [-0.05, 0) is 55.6 Å². The quantitative estimate of drug-likeness (QED) is 0.435. The van der Waals surface area contributed by atoms with Crippen LogP contribution < -0.4 is 14.4 Å². The molecular weight excluding hydrogens is 441 g/mol. The van der Waals surface area contributed by atoms with Gasteiger partial charge in [-0.3, -0.25) is 9.69 Å². The molecule has 0 atom stereocenters. The minimum atomic E-state index is -0.348. The SMILES string of the molecule is CCN(CC)CCN(C(=O)COc1ccc(F)cc1)c1nc2ccc(OC)cc2s1.Cl. The number of hydrogen-bond donors (Lipinski definition) is 0. The molecule has 0 unspecified atom stereocenters. The van der Waals surface area contributed by atoms with E-state index >= 15 is 0 Å². The second-order valence-corrected chi connectivity index (χ2v) is 7.65. The van der Waals surface area contributed by atoms with Gasteiger partial charge in [0.05, 0.1) is 17.3 Å². The molecule has 31 heavy (non-hydrogen) atoms. The molecule has 0 spiro atoms. The van der Waals surface area contributed by atoms with Crippen LogP contribution in [0.4, 0.5) is 9.52 Å². The lowest BCUT2D eigenvalue weighted by molar-refractivity contribution is -0.120. The number of benzene rings is 2. The third kappa shape index (κ3) is 6.53. The van der Waals surface area contributed by atoms with Crippen molar-refractivity contribution in [2.75, 3.05) is 44.8 Å². The summed E-state index contributed by atoms with van der Waals surface area (Å²) in [6.07, 6.45) is 0. The molecule has 0 bridgehead atoms. The highest BCUT2D eigenvalue weighted by molar-refractivity contribution is 7.22. The van der Waals surface area contributed by atoms with Gasteiger partial charge in [0.2, 0.25) is 0 Å². The Bertz CT molecular complexity index is 980. The molecular formula is C22H27ClFN3O3S. The number of carbonyl (C=O) groups excluding carboxylic acids is 1. The lowest BCUT2D eigenvalue weighted by Crippen LogP contribution is -2.41. The molecule has 168 valence electrons. The second kappa shape index (κ2) is 11.8. The molecule has 0 aliphatic rings. The summed E-state index contributed by atoms with van der Waals surface area (Å²) in [6.45, 7) is 7.08. The monoisotopic (exact) mass is 467 g/mol. The van der Waals surface area contributed by atoms with E-state index in [1.807, 2.05) is 18.2 Å². The Balaban J connectivity index is 0.00000341. The largest absolute Gasteiger partial charge is 0.497 e. The first kappa shape index (κ1) is 24.8. The van der Waals surface area contributed by atoms with Gasteiger partial charge in [-0.25, -0.2) is 9.37 Å². The smallest absolute Gasteiger partial charge is 0.266 e. The van der Waals surface area contributed by atoms with Crippen molar-refractivity contribution in [1.82, 2.24) is 9.88 Å². The van der Waals surface area contributed by atoms with Gasteiger partial charge in [0.1, 0.15) is 17.3 Å². The number of thiazole rings is 1. The van der Waals surface area contributed by atoms with Crippen molar-refractivity contribution >= 4 is 45.0 Å². The Hall–Kier alpha value is -2.42. The summed E-state index contributed by atoms with van der Waals surface area (Å²) in [5.41, 5.74) is 0.816. The average molecular weight is 468 g/mol. The lowest BCUT2D eigenvalue weighted by Gasteiger charge is -2.24. The van der Waals surface area contributed by atoms with Crippen LogP contribution in [0.1, 0.15) is 13.8 Å². The first-order valence-corrected chi connectivity index (χ1v) is 10.7. The van der Waals surface area contributed by atoms with E-state index in [1.54, 1.807) is 12.0 Å². The summed E-state index contributed by atoms with van der Waals surface area (Å²) >= 11 is 1.44. The van der Waals surface area contributed by atoms with Crippen molar-refractivity contribution in [2.24, 2.45) is 0 Å². The van der Waals surface area contributed by atoms with Crippen LogP contribution in [0.3, 0.4) is 0 Å². The lowest BCUT2D eigenvalue weighted by atomic mass is 10.3. The fourth-order valence-electron chi connectivity index (χ4n) is 3.00. The highest BCUT2D eigenvalue weighted by Crippen LogP contribution is 2.31. The van der Waals surface area contributed by atoms with Gasteiger partial charge >= 0.3 is 0 Å².